The average molecular weight is 290 g/mol. The number of fused-ring (bicyclic) bond motifs is 1. The third-order valence-electron chi connectivity index (χ3n) is 4.21. The lowest BCUT2D eigenvalue weighted by atomic mass is 9.78. The summed E-state index contributed by atoms with van der Waals surface area (Å²) in [6, 6.07) is 12.9. The number of benzene rings is 2. The van der Waals surface area contributed by atoms with Crippen LogP contribution in [0, 0.1) is 11.7 Å². The van der Waals surface area contributed by atoms with Crippen LogP contribution in [0.15, 0.2) is 42.5 Å². The van der Waals surface area contributed by atoms with Crippen LogP contribution >= 0.6 is 11.6 Å². The van der Waals surface area contributed by atoms with Gasteiger partial charge in [0.05, 0.1) is 0 Å². The number of hydrogen-bond acceptors (Lipinski definition) is 1. The van der Waals surface area contributed by atoms with E-state index in [4.69, 9.17) is 17.3 Å². The number of rotatable bonds is 2. The molecule has 0 amide bonds. The summed E-state index contributed by atoms with van der Waals surface area (Å²) in [5.41, 5.74) is 9.60. The maximum absolute atomic E-state index is 14.0. The Morgan fingerprint density at radius 3 is 2.65 bits per heavy atom. The molecule has 0 bridgehead atoms. The van der Waals surface area contributed by atoms with Crippen molar-refractivity contribution in [1.82, 2.24) is 0 Å². The Morgan fingerprint density at radius 1 is 1.15 bits per heavy atom. The molecular weight excluding hydrogens is 273 g/mol. The Bertz CT molecular complexity index is 626. The lowest BCUT2D eigenvalue weighted by molar-refractivity contribution is 0.373. The fraction of sp³-hybridized carbons (Fsp3) is 0.294. The van der Waals surface area contributed by atoms with Gasteiger partial charge in [-0.1, -0.05) is 41.9 Å². The van der Waals surface area contributed by atoms with Gasteiger partial charge in [0, 0.05) is 16.6 Å². The fourth-order valence-corrected chi connectivity index (χ4v) is 3.22. The van der Waals surface area contributed by atoms with Crippen molar-refractivity contribution in [2.45, 2.75) is 25.3 Å². The van der Waals surface area contributed by atoms with Gasteiger partial charge in [-0.05, 0) is 48.4 Å². The van der Waals surface area contributed by atoms with Crippen LogP contribution < -0.4 is 5.73 Å². The van der Waals surface area contributed by atoms with E-state index >= 15 is 0 Å². The van der Waals surface area contributed by atoms with E-state index in [0.29, 0.717) is 10.6 Å². The second kappa shape index (κ2) is 5.55. The van der Waals surface area contributed by atoms with E-state index in [9.17, 15) is 4.39 Å². The van der Waals surface area contributed by atoms with E-state index in [1.807, 2.05) is 0 Å². The Kier molecular flexibility index (Phi) is 3.77. The van der Waals surface area contributed by atoms with E-state index in [0.717, 1.165) is 19.3 Å². The molecule has 2 aromatic rings. The minimum atomic E-state index is -0.302. The Hall–Kier alpha value is -1.38. The van der Waals surface area contributed by atoms with Gasteiger partial charge in [0.2, 0.25) is 0 Å². The molecule has 2 aromatic carbocycles. The first kappa shape index (κ1) is 13.6. The Labute approximate surface area is 123 Å². The molecule has 20 heavy (non-hydrogen) atoms. The molecule has 3 heteroatoms. The zero-order chi connectivity index (χ0) is 14.1. The van der Waals surface area contributed by atoms with E-state index in [-0.39, 0.29) is 17.8 Å². The fourth-order valence-electron chi connectivity index (χ4n) is 3.06. The molecule has 2 N–H and O–H groups in total. The van der Waals surface area contributed by atoms with Crippen molar-refractivity contribution in [2.24, 2.45) is 11.7 Å². The molecule has 0 saturated heterocycles. The van der Waals surface area contributed by atoms with Gasteiger partial charge < -0.3 is 5.73 Å². The minimum Gasteiger partial charge on any atom is -0.324 e. The van der Waals surface area contributed by atoms with E-state index in [1.54, 1.807) is 12.1 Å². The summed E-state index contributed by atoms with van der Waals surface area (Å²) in [5, 5.41) is 0.410. The zero-order valence-corrected chi connectivity index (χ0v) is 11.9. The molecule has 3 rings (SSSR count). The van der Waals surface area contributed by atoms with E-state index in [2.05, 4.69) is 24.3 Å². The van der Waals surface area contributed by atoms with Crippen LogP contribution in [0.25, 0.3) is 0 Å². The van der Waals surface area contributed by atoms with Crippen molar-refractivity contribution in [1.29, 1.82) is 0 Å². The van der Waals surface area contributed by atoms with Crippen LogP contribution in [0.5, 0.6) is 0 Å². The minimum absolute atomic E-state index is 0.277. The maximum Gasteiger partial charge on any atom is 0.129 e. The predicted octanol–water partition coefficient (Wildman–Crippen LogP) is 4.28. The quantitative estimate of drug-likeness (QED) is 0.877. The summed E-state index contributed by atoms with van der Waals surface area (Å²) >= 11 is 5.79. The topological polar surface area (TPSA) is 26.0 Å². The zero-order valence-electron chi connectivity index (χ0n) is 11.2. The number of aryl methyl sites for hydroxylation is 1. The number of hydrogen-bond donors (Lipinski definition) is 1. The number of halogens is 2. The van der Waals surface area contributed by atoms with E-state index in [1.165, 1.54) is 17.2 Å². The molecule has 0 heterocycles. The average Bonchev–Trinajstić information content (AvgIpc) is 2.46. The first-order valence-corrected chi connectivity index (χ1v) is 7.30. The molecule has 2 unspecified atom stereocenters. The van der Waals surface area contributed by atoms with Crippen LogP contribution in [-0.4, -0.2) is 0 Å². The van der Waals surface area contributed by atoms with E-state index < -0.39 is 0 Å². The molecule has 104 valence electrons. The monoisotopic (exact) mass is 289 g/mol. The van der Waals surface area contributed by atoms with Gasteiger partial charge in [-0.25, -0.2) is 4.39 Å². The molecule has 1 aliphatic carbocycles. The highest BCUT2D eigenvalue weighted by Gasteiger charge is 2.26. The van der Waals surface area contributed by atoms with Crippen molar-refractivity contribution in [3.8, 4) is 0 Å². The van der Waals surface area contributed by atoms with Gasteiger partial charge in [0.1, 0.15) is 5.82 Å². The summed E-state index contributed by atoms with van der Waals surface area (Å²) in [6.45, 7) is 0. The molecule has 0 radical (unpaired) electrons. The smallest absolute Gasteiger partial charge is 0.129 e. The van der Waals surface area contributed by atoms with Crippen molar-refractivity contribution in [3.63, 3.8) is 0 Å². The molecule has 0 saturated carbocycles. The lowest BCUT2D eigenvalue weighted by Crippen LogP contribution is -2.27. The van der Waals surface area contributed by atoms with Crippen LogP contribution in [0.4, 0.5) is 4.39 Å². The molecule has 1 aliphatic rings. The highest BCUT2D eigenvalue weighted by Crippen LogP contribution is 2.34. The lowest BCUT2D eigenvalue weighted by Gasteiger charge is -2.29. The normalized spacial score (nSPS) is 19.4. The van der Waals surface area contributed by atoms with Gasteiger partial charge in [0.25, 0.3) is 0 Å². The van der Waals surface area contributed by atoms with Gasteiger partial charge in [-0.3, -0.25) is 0 Å². The second-order valence-corrected chi connectivity index (χ2v) is 5.90. The molecule has 1 nitrogen and oxygen atoms in total. The molecule has 0 spiro atoms. The van der Waals surface area contributed by atoms with Crippen molar-refractivity contribution >= 4 is 11.6 Å². The summed E-state index contributed by atoms with van der Waals surface area (Å²) in [4.78, 5) is 0. The van der Waals surface area contributed by atoms with Crippen LogP contribution in [0.3, 0.4) is 0 Å². The molecule has 0 aliphatic heterocycles. The summed E-state index contributed by atoms with van der Waals surface area (Å²) < 4.78 is 14.0. The van der Waals surface area contributed by atoms with Gasteiger partial charge in [-0.2, -0.15) is 0 Å². The van der Waals surface area contributed by atoms with Crippen molar-refractivity contribution < 1.29 is 4.39 Å². The van der Waals surface area contributed by atoms with Crippen molar-refractivity contribution in [2.75, 3.05) is 0 Å². The van der Waals surface area contributed by atoms with Crippen LogP contribution in [0.1, 0.15) is 29.2 Å². The highest BCUT2D eigenvalue weighted by molar-refractivity contribution is 6.30. The standard InChI is InChI=1S/C17H17ClFN/c18-14-7-8-15(16(19)10-14)17(20)13-6-5-11-3-1-2-4-12(11)9-13/h1-4,7-8,10,13,17H,5-6,9,20H2. The van der Waals surface area contributed by atoms with Gasteiger partial charge in [0.15, 0.2) is 0 Å². The first-order chi connectivity index (χ1) is 9.65. The van der Waals surface area contributed by atoms with Crippen molar-refractivity contribution in [3.05, 3.63) is 70.0 Å². The SMILES string of the molecule is NC(c1ccc(Cl)cc1F)C1CCc2ccccc2C1. The molecule has 0 aromatic heterocycles. The largest absolute Gasteiger partial charge is 0.324 e. The summed E-state index contributed by atoms with van der Waals surface area (Å²) in [7, 11) is 0. The predicted molar refractivity (Wildman–Crippen MR) is 80.3 cm³/mol. The second-order valence-electron chi connectivity index (χ2n) is 5.46. The summed E-state index contributed by atoms with van der Waals surface area (Å²) in [5.74, 6) is -0.0237. The molecule has 0 fully saturated rings. The van der Waals surface area contributed by atoms with Gasteiger partial charge in [-0.15, -0.1) is 0 Å². The number of nitrogens with two attached hydrogens (primary N) is 1. The maximum atomic E-state index is 14.0. The Balaban J connectivity index is 1.84. The van der Waals surface area contributed by atoms with Crippen LogP contribution in [0.2, 0.25) is 5.02 Å². The Morgan fingerprint density at radius 2 is 1.90 bits per heavy atom. The summed E-state index contributed by atoms with van der Waals surface area (Å²) in [6.07, 6.45) is 2.93. The first-order valence-electron chi connectivity index (χ1n) is 6.92. The highest BCUT2D eigenvalue weighted by atomic mass is 35.5. The molecule has 2 atom stereocenters. The van der Waals surface area contributed by atoms with Gasteiger partial charge >= 0.3 is 0 Å². The molecular formula is C17H17ClFN. The van der Waals surface area contributed by atoms with Crippen LogP contribution in [-0.2, 0) is 12.8 Å². The third kappa shape index (κ3) is 2.58. The third-order valence-corrected chi connectivity index (χ3v) is 4.45.